The first-order valence-corrected chi connectivity index (χ1v) is 6.98. The van der Waals surface area contributed by atoms with Crippen LogP contribution in [-0.2, 0) is 0 Å². The highest BCUT2D eigenvalue weighted by Crippen LogP contribution is 2.33. The zero-order chi connectivity index (χ0) is 9.80. The number of rotatable bonds is 1. The standard InChI is InChI=1S/C11H11ClS2/c12-10-4-2-9(3-5-10)11-8-13-6-1-7-14-11/h2-5,8H,1,6-7H2. The maximum Gasteiger partial charge on any atom is 0.0406 e. The van der Waals surface area contributed by atoms with Crippen molar-refractivity contribution in [2.24, 2.45) is 0 Å². The summed E-state index contributed by atoms with van der Waals surface area (Å²) in [5, 5.41) is 3.07. The van der Waals surface area contributed by atoms with Gasteiger partial charge in [-0.1, -0.05) is 23.7 Å². The smallest absolute Gasteiger partial charge is 0.0406 e. The molecule has 1 aromatic rings. The molecule has 0 nitrogen and oxygen atoms in total. The summed E-state index contributed by atoms with van der Waals surface area (Å²) in [6, 6.07) is 8.09. The Morgan fingerprint density at radius 3 is 2.64 bits per heavy atom. The molecule has 0 saturated carbocycles. The molecule has 2 rings (SSSR count). The van der Waals surface area contributed by atoms with Crippen LogP contribution in [0.2, 0.25) is 5.02 Å². The molecule has 0 bridgehead atoms. The maximum atomic E-state index is 5.85. The topological polar surface area (TPSA) is 0 Å². The van der Waals surface area contributed by atoms with E-state index in [0.29, 0.717) is 0 Å². The van der Waals surface area contributed by atoms with E-state index in [1.807, 2.05) is 35.7 Å². The molecule has 0 aliphatic carbocycles. The van der Waals surface area contributed by atoms with Gasteiger partial charge in [0.05, 0.1) is 0 Å². The van der Waals surface area contributed by atoms with E-state index < -0.39 is 0 Å². The van der Waals surface area contributed by atoms with Crippen molar-refractivity contribution in [3.8, 4) is 0 Å². The van der Waals surface area contributed by atoms with E-state index in [4.69, 9.17) is 11.6 Å². The molecule has 74 valence electrons. The lowest BCUT2D eigenvalue weighted by Crippen LogP contribution is -1.80. The highest BCUT2D eigenvalue weighted by atomic mass is 35.5. The van der Waals surface area contributed by atoms with Crippen molar-refractivity contribution < 1.29 is 0 Å². The second kappa shape index (κ2) is 5.15. The van der Waals surface area contributed by atoms with E-state index in [-0.39, 0.29) is 0 Å². The van der Waals surface area contributed by atoms with Gasteiger partial charge in [0.1, 0.15) is 0 Å². The van der Waals surface area contributed by atoms with Crippen molar-refractivity contribution in [3.63, 3.8) is 0 Å². The Morgan fingerprint density at radius 2 is 1.86 bits per heavy atom. The lowest BCUT2D eigenvalue weighted by molar-refractivity contribution is 1.13. The van der Waals surface area contributed by atoms with Crippen molar-refractivity contribution in [3.05, 3.63) is 40.3 Å². The predicted octanol–water partition coefficient (Wildman–Crippen LogP) is 4.51. The summed E-state index contributed by atoms with van der Waals surface area (Å²) in [5.74, 6) is 2.46. The third-order valence-electron chi connectivity index (χ3n) is 1.98. The first-order chi connectivity index (χ1) is 6.86. The Balaban J connectivity index is 2.20. The lowest BCUT2D eigenvalue weighted by Gasteiger charge is -2.04. The molecule has 0 radical (unpaired) electrons. The minimum atomic E-state index is 0.806. The Hall–Kier alpha value is -0.0500. The van der Waals surface area contributed by atoms with E-state index in [2.05, 4.69) is 17.5 Å². The van der Waals surface area contributed by atoms with Crippen molar-refractivity contribution in [2.45, 2.75) is 6.42 Å². The number of hydrogen-bond acceptors (Lipinski definition) is 2. The van der Waals surface area contributed by atoms with Crippen LogP contribution in [-0.4, -0.2) is 11.5 Å². The van der Waals surface area contributed by atoms with Crippen molar-refractivity contribution in [1.82, 2.24) is 0 Å². The van der Waals surface area contributed by atoms with Crippen LogP contribution >= 0.6 is 35.1 Å². The molecule has 1 aromatic carbocycles. The summed E-state index contributed by atoms with van der Waals surface area (Å²) < 4.78 is 0. The average Bonchev–Trinajstić information content (AvgIpc) is 2.47. The van der Waals surface area contributed by atoms with Crippen molar-refractivity contribution in [1.29, 1.82) is 0 Å². The molecule has 0 amide bonds. The molecule has 0 fully saturated rings. The lowest BCUT2D eigenvalue weighted by atomic mass is 10.2. The van der Waals surface area contributed by atoms with Crippen LogP contribution in [0.5, 0.6) is 0 Å². The predicted molar refractivity (Wildman–Crippen MR) is 69.0 cm³/mol. The average molecular weight is 243 g/mol. The largest absolute Gasteiger partial charge is 0.133 e. The molecule has 0 unspecified atom stereocenters. The molecule has 0 atom stereocenters. The fourth-order valence-electron chi connectivity index (χ4n) is 1.26. The van der Waals surface area contributed by atoms with E-state index in [1.165, 1.54) is 28.4 Å². The number of hydrogen-bond donors (Lipinski definition) is 0. The first-order valence-electron chi connectivity index (χ1n) is 4.57. The van der Waals surface area contributed by atoms with Gasteiger partial charge in [0, 0.05) is 9.93 Å². The van der Waals surface area contributed by atoms with Gasteiger partial charge in [-0.3, -0.25) is 0 Å². The van der Waals surface area contributed by atoms with Crippen LogP contribution in [0.25, 0.3) is 4.91 Å². The highest BCUT2D eigenvalue weighted by molar-refractivity contribution is 8.10. The SMILES string of the molecule is Clc1ccc(C2=CSCCCS2)cc1. The first kappa shape index (κ1) is 10.5. The summed E-state index contributed by atoms with van der Waals surface area (Å²) in [5.41, 5.74) is 1.29. The summed E-state index contributed by atoms with van der Waals surface area (Å²) >= 11 is 9.70. The Bertz CT molecular complexity index is 330. The maximum absolute atomic E-state index is 5.85. The Kier molecular flexibility index (Phi) is 3.85. The fraction of sp³-hybridized carbons (Fsp3) is 0.273. The fourth-order valence-corrected chi connectivity index (χ4v) is 3.57. The van der Waals surface area contributed by atoms with E-state index in [1.54, 1.807) is 0 Å². The van der Waals surface area contributed by atoms with E-state index >= 15 is 0 Å². The summed E-state index contributed by atoms with van der Waals surface area (Å²) in [7, 11) is 0. The number of benzene rings is 1. The molecule has 0 saturated heterocycles. The molecule has 0 spiro atoms. The van der Waals surface area contributed by atoms with Crippen LogP contribution in [0.15, 0.2) is 29.7 Å². The molecule has 0 aromatic heterocycles. The van der Waals surface area contributed by atoms with Gasteiger partial charge < -0.3 is 0 Å². The summed E-state index contributed by atoms with van der Waals surface area (Å²) in [6.07, 6.45) is 1.29. The van der Waals surface area contributed by atoms with E-state index in [0.717, 1.165) is 5.02 Å². The van der Waals surface area contributed by atoms with Crippen LogP contribution in [0, 0.1) is 0 Å². The van der Waals surface area contributed by atoms with Gasteiger partial charge in [-0.2, -0.15) is 0 Å². The van der Waals surface area contributed by atoms with Gasteiger partial charge in [-0.05, 0) is 41.0 Å². The van der Waals surface area contributed by atoms with Crippen LogP contribution in [0.1, 0.15) is 12.0 Å². The molecular weight excluding hydrogens is 232 g/mol. The second-order valence-corrected chi connectivity index (χ2v) is 5.61. The van der Waals surface area contributed by atoms with Gasteiger partial charge in [0.2, 0.25) is 0 Å². The number of thioether (sulfide) groups is 2. The van der Waals surface area contributed by atoms with Crippen LogP contribution < -0.4 is 0 Å². The summed E-state index contributed by atoms with van der Waals surface area (Å²) in [4.78, 5) is 1.38. The normalized spacial score (nSPS) is 17.4. The zero-order valence-corrected chi connectivity index (χ0v) is 10.1. The molecule has 14 heavy (non-hydrogen) atoms. The third-order valence-corrected chi connectivity index (χ3v) is 4.47. The highest BCUT2D eigenvalue weighted by Gasteiger charge is 2.05. The number of halogens is 1. The zero-order valence-electron chi connectivity index (χ0n) is 7.70. The van der Waals surface area contributed by atoms with Gasteiger partial charge in [-0.25, -0.2) is 0 Å². The Morgan fingerprint density at radius 1 is 1.07 bits per heavy atom. The third kappa shape index (κ3) is 2.72. The molecule has 3 heteroatoms. The van der Waals surface area contributed by atoms with Gasteiger partial charge in [0.25, 0.3) is 0 Å². The molecule has 0 N–H and O–H groups in total. The molecule has 1 heterocycles. The molecule has 1 aliphatic heterocycles. The van der Waals surface area contributed by atoms with Crippen LogP contribution in [0.3, 0.4) is 0 Å². The van der Waals surface area contributed by atoms with Gasteiger partial charge >= 0.3 is 0 Å². The molecule has 1 aliphatic rings. The monoisotopic (exact) mass is 242 g/mol. The Labute approximate surface area is 98.1 Å². The minimum absolute atomic E-state index is 0.806. The summed E-state index contributed by atoms with van der Waals surface area (Å²) in [6.45, 7) is 0. The van der Waals surface area contributed by atoms with Crippen molar-refractivity contribution in [2.75, 3.05) is 11.5 Å². The van der Waals surface area contributed by atoms with Crippen LogP contribution in [0.4, 0.5) is 0 Å². The van der Waals surface area contributed by atoms with Gasteiger partial charge in [0.15, 0.2) is 0 Å². The quantitative estimate of drug-likeness (QED) is 0.711. The second-order valence-electron chi connectivity index (χ2n) is 3.06. The minimum Gasteiger partial charge on any atom is -0.133 e. The van der Waals surface area contributed by atoms with E-state index in [9.17, 15) is 0 Å². The van der Waals surface area contributed by atoms with Gasteiger partial charge in [-0.15, -0.1) is 23.5 Å². The molecular formula is C11H11ClS2. The van der Waals surface area contributed by atoms with Crippen molar-refractivity contribution >= 4 is 40.0 Å².